The van der Waals surface area contributed by atoms with Gasteiger partial charge < -0.3 is 15.4 Å². The number of pyridine rings is 1. The van der Waals surface area contributed by atoms with Crippen LogP contribution in [0.15, 0.2) is 66.9 Å². The Morgan fingerprint density at radius 2 is 1.71 bits per heavy atom. The number of benzene rings is 2. The molecule has 0 saturated carbocycles. The minimum absolute atomic E-state index is 0.241. The van der Waals surface area contributed by atoms with E-state index in [1.165, 1.54) is 24.3 Å². The maximum atomic E-state index is 12.9. The second kappa shape index (κ2) is 9.64. The van der Waals surface area contributed by atoms with Gasteiger partial charge in [-0.2, -0.15) is 0 Å². The number of anilines is 2. The van der Waals surface area contributed by atoms with Crippen LogP contribution in [0.3, 0.4) is 0 Å². The number of rotatable bonds is 7. The Kier molecular flexibility index (Phi) is 6.65. The van der Waals surface area contributed by atoms with E-state index >= 15 is 0 Å². The van der Waals surface area contributed by atoms with Gasteiger partial charge in [-0.25, -0.2) is 4.98 Å². The van der Waals surface area contributed by atoms with E-state index in [0.717, 1.165) is 11.3 Å². The highest BCUT2D eigenvalue weighted by molar-refractivity contribution is 6.30. The second-order valence-electron chi connectivity index (χ2n) is 7.41. The van der Waals surface area contributed by atoms with Crippen molar-refractivity contribution in [1.29, 1.82) is 0 Å². The molecule has 0 bridgehead atoms. The van der Waals surface area contributed by atoms with Gasteiger partial charge in [0.2, 0.25) is 0 Å². The number of carbonyl (C=O) groups is 1. The zero-order valence-electron chi connectivity index (χ0n) is 18.0. The number of nitrogens with one attached hydrogen (secondary N) is 2. The monoisotopic (exact) mass is 488 g/mol. The molecule has 0 aliphatic heterocycles. The van der Waals surface area contributed by atoms with E-state index in [1.807, 2.05) is 31.2 Å². The number of nitrogens with zero attached hydrogens (tertiary/aromatic N) is 2. The van der Waals surface area contributed by atoms with Crippen molar-refractivity contribution in [3.05, 3.63) is 88.8 Å². The predicted molar refractivity (Wildman–Crippen MR) is 124 cm³/mol. The lowest BCUT2D eigenvalue weighted by Gasteiger charge is -2.11. The van der Waals surface area contributed by atoms with Gasteiger partial charge in [0, 0.05) is 35.2 Å². The quantitative estimate of drug-likeness (QED) is 0.329. The van der Waals surface area contributed by atoms with E-state index in [4.69, 9.17) is 11.6 Å². The topological polar surface area (TPSA) is 67.7 Å². The summed E-state index contributed by atoms with van der Waals surface area (Å²) < 4.78 is 42.4. The maximum absolute atomic E-state index is 12.9. The van der Waals surface area contributed by atoms with Crippen molar-refractivity contribution in [1.82, 2.24) is 14.7 Å². The molecule has 2 aromatic heterocycles. The molecule has 0 aliphatic carbocycles. The van der Waals surface area contributed by atoms with Gasteiger partial charge in [0.15, 0.2) is 0 Å². The summed E-state index contributed by atoms with van der Waals surface area (Å²) in [7, 11) is 0. The third kappa shape index (κ3) is 5.60. The first-order valence-corrected chi connectivity index (χ1v) is 10.8. The molecule has 0 spiro atoms. The summed E-state index contributed by atoms with van der Waals surface area (Å²) in [5, 5.41) is 6.57. The van der Waals surface area contributed by atoms with Gasteiger partial charge in [0.05, 0.1) is 5.69 Å². The van der Waals surface area contributed by atoms with Crippen LogP contribution >= 0.6 is 11.6 Å². The molecule has 4 rings (SSSR count). The van der Waals surface area contributed by atoms with E-state index in [2.05, 4.69) is 20.4 Å². The maximum Gasteiger partial charge on any atom is 0.573 e. The van der Waals surface area contributed by atoms with E-state index in [9.17, 15) is 18.0 Å². The highest BCUT2D eigenvalue weighted by atomic mass is 35.5. The minimum Gasteiger partial charge on any atom is -0.406 e. The summed E-state index contributed by atoms with van der Waals surface area (Å²) in [4.78, 5) is 17.4. The zero-order valence-corrected chi connectivity index (χ0v) is 18.7. The highest BCUT2D eigenvalue weighted by Crippen LogP contribution is 2.25. The number of hydrogen-bond donors (Lipinski definition) is 2. The molecule has 2 N–H and O–H groups in total. The number of hydrogen-bond acceptors (Lipinski definition) is 4. The number of alkyl halides is 3. The third-order valence-corrected chi connectivity index (χ3v) is 5.23. The lowest BCUT2D eigenvalue weighted by molar-refractivity contribution is -0.274. The Morgan fingerprint density at radius 1 is 1.06 bits per heavy atom. The number of fused-ring (bicyclic) bond motifs is 1. The average molecular weight is 489 g/mol. The van der Waals surface area contributed by atoms with Crippen LogP contribution < -0.4 is 15.4 Å². The van der Waals surface area contributed by atoms with Crippen LogP contribution in [0.4, 0.5) is 24.5 Å². The minimum atomic E-state index is -4.73. The summed E-state index contributed by atoms with van der Waals surface area (Å²) >= 11 is 6.03. The fourth-order valence-corrected chi connectivity index (χ4v) is 3.59. The van der Waals surface area contributed by atoms with Crippen molar-refractivity contribution in [3.8, 4) is 5.75 Å². The van der Waals surface area contributed by atoms with Crippen molar-refractivity contribution < 1.29 is 22.7 Å². The molecule has 0 radical (unpaired) electrons. The van der Waals surface area contributed by atoms with Crippen LogP contribution in [0.1, 0.15) is 28.7 Å². The van der Waals surface area contributed by atoms with Gasteiger partial charge >= 0.3 is 6.36 Å². The molecule has 2 heterocycles. The first kappa shape index (κ1) is 23.4. The van der Waals surface area contributed by atoms with Crippen LogP contribution in [-0.2, 0) is 13.0 Å². The largest absolute Gasteiger partial charge is 0.573 e. The Morgan fingerprint density at radius 3 is 2.32 bits per heavy atom. The van der Waals surface area contributed by atoms with Gasteiger partial charge in [-0.05, 0) is 54.4 Å². The molecular formula is C24H20ClF3N4O2. The molecule has 0 fully saturated rings. The summed E-state index contributed by atoms with van der Waals surface area (Å²) in [5.41, 5.74) is 4.00. The number of ether oxygens (including phenoxy) is 1. The molecular weight excluding hydrogens is 469 g/mol. The van der Waals surface area contributed by atoms with Crippen LogP contribution in [0.25, 0.3) is 5.65 Å². The fraction of sp³-hybridized carbons (Fsp3) is 0.167. The summed E-state index contributed by atoms with van der Waals surface area (Å²) in [5.74, 6) is -0.528. The molecule has 2 aromatic carbocycles. The van der Waals surface area contributed by atoms with Gasteiger partial charge in [-0.1, -0.05) is 30.7 Å². The number of amides is 1. The molecule has 176 valence electrons. The number of halogens is 4. The predicted octanol–water partition coefficient (Wildman–Crippen LogP) is 6.12. The van der Waals surface area contributed by atoms with Crippen LogP contribution in [0.2, 0.25) is 5.02 Å². The van der Waals surface area contributed by atoms with Crippen LogP contribution in [-0.4, -0.2) is 21.7 Å². The van der Waals surface area contributed by atoms with Gasteiger partial charge in [-0.3, -0.25) is 9.20 Å². The normalized spacial score (nSPS) is 11.4. The molecule has 0 aliphatic rings. The molecule has 0 atom stereocenters. The lowest BCUT2D eigenvalue weighted by atomic mass is 10.2. The number of carbonyl (C=O) groups excluding carboxylic acids is 1. The molecule has 0 unspecified atom stereocenters. The fourth-order valence-electron chi connectivity index (χ4n) is 3.43. The van der Waals surface area contributed by atoms with E-state index in [0.29, 0.717) is 40.7 Å². The smallest absolute Gasteiger partial charge is 0.406 e. The Balaban J connectivity index is 1.38. The zero-order chi connectivity index (χ0) is 24.3. The summed E-state index contributed by atoms with van der Waals surface area (Å²) in [6, 6.07) is 16.2. The average Bonchev–Trinajstić information content (AvgIpc) is 3.16. The van der Waals surface area contributed by atoms with Gasteiger partial charge in [0.1, 0.15) is 17.1 Å². The highest BCUT2D eigenvalue weighted by Gasteiger charge is 2.30. The van der Waals surface area contributed by atoms with Crippen molar-refractivity contribution >= 4 is 34.5 Å². The van der Waals surface area contributed by atoms with Crippen molar-refractivity contribution in [3.63, 3.8) is 0 Å². The number of aromatic nitrogens is 2. The van der Waals surface area contributed by atoms with Crippen molar-refractivity contribution in [2.75, 3.05) is 5.32 Å². The Bertz CT molecular complexity index is 1300. The van der Waals surface area contributed by atoms with Crippen LogP contribution in [0, 0.1) is 0 Å². The van der Waals surface area contributed by atoms with Gasteiger partial charge in [-0.15, -0.1) is 13.2 Å². The van der Waals surface area contributed by atoms with E-state index in [-0.39, 0.29) is 11.7 Å². The SMILES string of the molecule is CCc1nc2cc(Cl)ccn2c1C(=O)NCc1ccc(Nc2ccc(OC(F)(F)F)cc2)cc1. The third-order valence-electron chi connectivity index (χ3n) is 4.99. The van der Waals surface area contributed by atoms with Gasteiger partial charge in [0.25, 0.3) is 5.91 Å². The van der Waals surface area contributed by atoms with Crippen molar-refractivity contribution in [2.24, 2.45) is 0 Å². The standard InChI is InChI=1S/C24H20ClF3N4O2/c1-2-20-22(32-12-11-16(25)13-21(32)31-20)23(33)29-14-15-3-5-17(6-4-15)30-18-7-9-19(10-8-18)34-24(26,27)28/h3-13,30H,2,14H2,1H3,(H,29,33). The van der Waals surface area contributed by atoms with Crippen molar-refractivity contribution in [2.45, 2.75) is 26.3 Å². The first-order valence-electron chi connectivity index (χ1n) is 10.4. The Hall–Kier alpha value is -3.72. The number of aryl methyl sites for hydroxylation is 1. The van der Waals surface area contributed by atoms with E-state index < -0.39 is 6.36 Å². The molecule has 10 heteroatoms. The number of imidazole rings is 1. The molecule has 4 aromatic rings. The lowest BCUT2D eigenvalue weighted by Crippen LogP contribution is -2.25. The molecule has 0 saturated heterocycles. The summed E-state index contributed by atoms with van der Waals surface area (Å²) in [6.07, 6.45) is -2.40. The molecule has 34 heavy (non-hydrogen) atoms. The van der Waals surface area contributed by atoms with Crippen LogP contribution in [0.5, 0.6) is 5.75 Å². The Labute approximate surface area is 198 Å². The second-order valence-corrected chi connectivity index (χ2v) is 7.85. The van der Waals surface area contributed by atoms with E-state index in [1.54, 1.807) is 22.7 Å². The molecule has 6 nitrogen and oxygen atoms in total. The summed E-state index contributed by atoms with van der Waals surface area (Å²) in [6.45, 7) is 2.25. The first-order chi connectivity index (χ1) is 16.2. The molecule has 1 amide bonds.